The quantitative estimate of drug-likeness (QED) is 0.632. The van der Waals surface area contributed by atoms with Crippen LogP contribution in [0.15, 0.2) is 23.0 Å². The highest BCUT2D eigenvalue weighted by atomic mass is 19.4. The molecule has 0 N–H and O–H groups in total. The highest BCUT2D eigenvalue weighted by molar-refractivity contribution is 5.58. The monoisotopic (exact) mass is 177 g/mol. The number of rotatable bonds is 2. The molecule has 0 saturated heterocycles. The van der Waals surface area contributed by atoms with Crippen molar-refractivity contribution in [3.63, 3.8) is 0 Å². The van der Waals surface area contributed by atoms with Gasteiger partial charge >= 0.3 is 6.18 Å². The molecule has 0 radical (unpaired) electrons. The summed E-state index contributed by atoms with van der Waals surface area (Å²) in [6.45, 7) is -1.28. The van der Waals surface area contributed by atoms with Crippen LogP contribution >= 0.6 is 0 Å². The van der Waals surface area contributed by atoms with Crippen molar-refractivity contribution in [3.8, 4) is 0 Å². The van der Waals surface area contributed by atoms with Gasteiger partial charge in [-0.15, -0.1) is 0 Å². The van der Waals surface area contributed by atoms with Crippen molar-refractivity contribution in [2.75, 3.05) is 6.61 Å². The van der Waals surface area contributed by atoms with Gasteiger partial charge in [0.15, 0.2) is 12.4 Å². The van der Waals surface area contributed by atoms with Gasteiger partial charge in [0.2, 0.25) is 0 Å². The number of alkyl halides is 3. The number of nitrogens with zero attached hydrogens (tertiary/aromatic N) is 1. The van der Waals surface area contributed by atoms with Gasteiger partial charge in [0, 0.05) is 18.5 Å². The molecule has 0 aliphatic carbocycles. The van der Waals surface area contributed by atoms with Gasteiger partial charge in [0.05, 0.1) is 0 Å². The van der Waals surface area contributed by atoms with Crippen molar-refractivity contribution in [2.24, 2.45) is 4.99 Å². The summed E-state index contributed by atoms with van der Waals surface area (Å²) in [7, 11) is 0. The molecule has 0 aromatic carbocycles. The number of hydrogen-bond donors (Lipinski definition) is 0. The van der Waals surface area contributed by atoms with Crippen LogP contribution in [0.2, 0.25) is 0 Å². The number of hydrogen-bond acceptors (Lipinski definition) is 2. The lowest BCUT2D eigenvalue weighted by Crippen LogP contribution is -2.16. The van der Waals surface area contributed by atoms with Gasteiger partial charge in [-0.05, 0) is 0 Å². The molecule has 0 unspecified atom stereocenters. The van der Waals surface area contributed by atoms with E-state index in [1.807, 2.05) is 0 Å². The van der Waals surface area contributed by atoms with E-state index in [4.69, 9.17) is 0 Å². The van der Waals surface area contributed by atoms with E-state index in [-0.39, 0.29) is 5.76 Å². The predicted octanol–water partition coefficient (Wildman–Crippen LogP) is 2.04. The second kappa shape index (κ2) is 3.45. The standard InChI is InChI=1S/C7H6F3NO/c8-7(9,10)5-12-6-2-1-3-11-4-6/h1,3H,2,5H2. The van der Waals surface area contributed by atoms with Crippen molar-refractivity contribution in [1.82, 2.24) is 0 Å². The first kappa shape index (κ1) is 8.87. The Labute approximate surface area is 67.0 Å². The molecule has 0 aromatic heterocycles. The van der Waals surface area contributed by atoms with E-state index >= 15 is 0 Å². The van der Waals surface area contributed by atoms with E-state index in [1.54, 1.807) is 6.08 Å². The second-order valence-electron chi connectivity index (χ2n) is 2.16. The molecule has 5 heteroatoms. The van der Waals surface area contributed by atoms with Crippen molar-refractivity contribution in [1.29, 1.82) is 0 Å². The SMILES string of the molecule is FC(F)(F)COC1=C=NC=CC1. The van der Waals surface area contributed by atoms with Crippen LogP contribution in [0.3, 0.4) is 0 Å². The van der Waals surface area contributed by atoms with Gasteiger partial charge < -0.3 is 4.74 Å². The second-order valence-corrected chi connectivity index (χ2v) is 2.16. The lowest BCUT2D eigenvalue weighted by atomic mass is 10.3. The van der Waals surface area contributed by atoms with Crippen molar-refractivity contribution >= 4 is 5.87 Å². The van der Waals surface area contributed by atoms with Crippen molar-refractivity contribution in [2.45, 2.75) is 12.6 Å². The Morgan fingerprint density at radius 1 is 1.58 bits per heavy atom. The number of halogens is 3. The zero-order valence-corrected chi connectivity index (χ0v) is 6.06. The average molecular weight is 177 g/mol. The summed E-state index contributed by atoms with van der Waals surface area (Å²) in [6.07, 6.45) is -0.919. The van der Waals surface area contributed by atoms with Crippen LogP contribution in [0.4, 0.5) is 13.2 Å². The van der Waals surface area contributed by atoms with Gasteiger partial charge in [0.25, 0.3) is 0 Å². The average Bonchev–Trinajstić information content (AvgIpc) is 2.02. The first-order chi connectivity index (χ1) is 5.58. The number of aliphatic imine (C=N–C) groups is 1. The molecule has 0 amide bonds. The maximum absolute atomic E-state index is 11.6. The summed E-state index contributed by atoms with van der Waals surface area (Å²) in [6, 6.07) is 0. The topological polar surface area (TPSA) is 21.6 Å². The third-order valence-corrected chi connectivity index (χ3v) is 1.08. The lowest BCUT2D eigenvalue weighted by molar-refractivity contribution is -0.164. The fraction of sp³-hybridized carbons (Fsp3) is 0.429. The van der Waals surface area contributed by atoms with Crippen molar-refractivity contribution in [3.05, 3.63) is 18.0 Å². The van der Waals surface area contributed by atoms with E-state index in [0.29, 0.717) is 6.42 Å². The predicted molar refractivity (Wildman–Crippen MR) is 36.7 cm³/mol. The Morgan fingerprint density at radius 2 is 2.33 bits per heavy atom. The maximum Gasteiger partial charge on any atom is 0.422 e. The molecule has 66 valence electrons. The first-order valence-electron chi connectivity index (χ1n) is 3.24. The van der Waals surface area contributed by atoms with Crippen LogP contribution in [-0.4, -0.2) is 18.7 Å². The van der Waals surface area contributed by atoms with E-state index < -0.39 is 12.8 Å². The van der Waals surface area contributed by atoms with Crippen LogP contribution in [-0.2, 0) is 4.74 Å². The summed E-state index contributed by atoms with van der Waals surface area (Å²) in [5, 5.41) is 0. The van der Waals surface area contributed by atoms with Gasteiger partial charge in [-0.2, -0.15) is 13.2 Å². The zero-order chi connectivity index (χ0) is 9.03. The molecule has 0 saturated carbocycles. The van der Waals surface area contributed by atoms with Crippen LogP contribution in [0, 0.1) is 0 Å². The fourth-order valence-electron chi connectivity index (χ4n) is 0.628. The largest absolute Gasteiger partial charge is 0.478 e. The van der Waals surface area contributed by atoms with Crippen LogP contribution in [0.1, 0.15) is 6.42 Å². The van der Waals surface area contributed by atoms with Gasteiger partial charge in [0.1, 0.15) is 0 Å². The molecular formula is C7H6F3NO. The molecule has 0 atom stereocenters. The van der Waals surface area contributed by atoms with E-state index in [2.05, 4.69) is 15.6 Å². The highest BCUT2D eigenvalue weighted by Crippen LogP contribution is 2.17. The summed E-state index contributed by atoms with van der Waals surface area (Å²) >= 11 is 0. The molecule has 0 fully saturated rings. The molecule has 1 aliphatic rings. The Balaban J connectivity index is 2.39. The van der Waals surface area contributed by atoms with E-state index in [1.165, 1.54) is 6.20 Å². The third kappa shape index (κ3) is 3.25. The minimum atomic E-state index is -4.30. The van der Waals surface area contributed by atoms with E-state index in [9.17, 15) is 13.2 Å². The lowest BCUT2D eigenvalue weighted by Gasteiger charge is -2.09. The Kier molecular flexibility index (Phi) is 2.55. The minimum absolute atomic E-state index is 0.120. The molecule has 12 heavy (non-hydrogen) atoms. The number of ether oxygens (including phenoxy) is 1. The maximum atomic E-state index is 11.6. The number of allylic oxidation sites excluding steroid dienone is 1. The minimum Gasteiger partial charge on any atom is -0.478 e. The molecule has 0 bridgehead atoms. The Bertz CT molecular complexity index is 248. The summed E-state index contributed by atoms with van der Waals surface area (Å²) in [5.74, 6) is 2.44. The first-order valence-corrected chi connectivity index (χ1v) is 3.24. The van der Waals surface area contributed by atoms with Gasteiger partial charge in [-0.25, -0.2) is 4.99 Å². The summed E-state index contributed by atoms with van der Waals surface area (Å²) in [4.78, 5) is 3.50. The van der Waals surface area contributed by atoms with E-state index in [0.717, 1.165) is 0 Å². The fourth-order valence-corrected chi connectivity index (χ4v) is 0.628. The molecule has 1 heterocycles. The van der Waals surface area contributed by atoms with Crippen LogP contribution in [0.5, 0.6) is 0 Å². The van der Waals surface area contributed by atoms with Crippen molar-refractivity contribution < 1.29 is 17.9 Å². The normalized spacial score (nSPS) is 16.1. The third-order valence-electron chi connectivity index (χ3n) is 1.08. The molecule has 2 nitrogen and oxygen atoms in total. The van der Waals surface area contributed by atoms with Crippen LogP contribution in [0.25, 0.3) is 0 Å². The molecule has 0 spiro atoms. The Hall–Kier alpha value is -1.22. The molecular weight excluding hydrogens is 171 g/mol. The molecule has 1 rings (SSSR count). The molecule has 0 aromatic rings. The molecule has 1 aliphatic heterocycles. The van der Waals surface area contributed by atoms with Crippen LogP contribution < -0.4 is 0 Å². The Morgan fingerprint density at radius 3 is 2.83 bits per heavy atom. The summed E-state index contributed by atoms with van der Waals surface area (Å²) in [5.41, 5.74) is 0. The van der Waals surface area contributed by atoms with Gasteiger partial charge in [-0.3, -0.25) is 0 Å². The summed E-state index contributed by atoms with van der Waals surface area (Å²) < 4.78 is 39.2. The zero-order valence-electron chi connectivity index (χ0n) is 6.06. The smallest absolute Gasteiger partial charge is 0.422 e. The highest BCUT2D eigenvalue weighted by Gasteiger charge is 2.28. The van der Waals surface area contributed by atoms with Gasteiger partial charge in [-0.1, -0.05) is 6.08 Å².